The molecular weight excluding hydrogens is 156 g/mol. The first-order valence-electron chi connectivity index (χ1n) is 5.13. The first-order chi connectivity index (χ1) is 6.50. The number of hydrogen-bond acceptors (Lipinski definition) is 0. The van der Waals surface area contributed by atoms with Gasteiger partial charge in [-0.1, -0.05) is 48.6 Å². The molecular formula is C13H18. The Morgan fingerprint density at radius 3 is 1.31 bits per heavy atom. The lowest BCUT2D eigenvalue weighted by molar-refractivity contribution is 0.868. The minimum absolute atomic E-state index is 1.15. The Morgan fingerprint density at radius 1 is 0.462 bits per heavy atom. The maximum Gasteiger partial charge on any atom is -0.0313 e. The van der Waals surface area contributed by atoms with E-state index in [0.29, 0.717) is 0 Å². The monoisotopic (exact) mass is 174 g/mol. The average molecular weight is 174 g/mol. The van der Waals surface area contributed by atoms with Crippen molar-refractivity contribution in [2.75, 3.05) is 0 Å². The van der Waals surface area contributed by atoms with Gasteiger partial charge in [0.15, 0.2) is 0 Å². The van der Waals surface area contributed by atoms with E-state index in [1.165, 1.54) is 19.3 Å². The van der Waals surface area contributed by atoms with Crippen LogP contribution in [0.4, 0.5) is 0 Å². The summed E-state index contributed by atoms with van der Waals surface area (Å²) in [6.45, 7) is 0. The third-order valence-electron chi connectivity index (χ3n) is 2.01. The molecule has 0 radical (unpaired) electrons. The van der Waals surface area contributed by atoms with Gasteiger partial charge in [0.1, 0.15) is 0 Å². The number of hydrogen-bond donors (Lipinski definition) is 0. The van der Waals surface area contributed by atoms with Crippen molar-refractivity contribution in [2.45, 2.75) is 32.1 Å². The van der Waals surface area contributed by atoms with Crippen LogP contribution in [0.1, 0.15) is 32.1 Å². The molecule has 0 heteroatoms. The zero-order valence-electron chi connectivity index (χ0n) is 8.15. The summed E-state index contributed by atoms with van der Waals surface area (Å²) in [6, 6.07) is 0. The van der Waals surface area contributed by atoms with Crippen LogP contribution in [0, 0.1) is 0 Å². The van der Waals surface area contributed by atoms with E-state index in [9.17, 15) is 0 Å². The molecule has 0 bridgehead atoms. The maximum absolute atomic E-state index is 2.25. The van der Waals surface area contributed by atoms with Crippen LogP contribution >= 0.6 is 0 Å². The topological polar surface area (TPSA) is 0 Å². The molecule has 1 rings (SSSR count). The van der Waals surface area contributed by atoms with Crippen LogP contribution in [0.15, 0.2) is 48.6 Å². The highest BCUT2D eigenvalue weighted by Crippen LogP contribution is 2.00. The zero-order chi connectivity index (χ0) is 9.19. The van der Waals surface area contributed by atoms with Crippen LogP contribution < -0.4 is 0 Å². The largest absolute Gasteiger partial charge is 0.0845 e. The smallest absolute Gasteiger partial charge is 0.0313 e. The van der Waals surface area contributed by atoms with Crippen LogP contribution in [0.3, 0.4) is 0 Å². The Balaban J connectivity index is 2.38. The van der Waals surface area contributed by atoms with Crippen molar-refractivity contribution in [3.63, 3.8) is 0 Å². The minimum atomic E-state index is 1.15. The van der Waals surface area contributed by atoms with E-state index in [2.05, 4.69) is 48.6 Å². The van der Waals surface area contributed by atoms with Gasteiger partial charge in [0.05, 0.1) is 0 Å². The lowest BCUT2D eigenvalue weighted by Crippen LogP contribution is -1.67. The highest BCUT2D eigenvalue weighted by molar-refractivity contribution is 5.06. The summed E-state index contributed by atoms with van der Waals surface area (Å²) in [5.74, 6) is 0. The van der Waals surface area contributed by atoms with E-state index in [-0.39, 0.29) is 0 Å². The summed E-state index contributed by atoms with van der Waals surface area (Å²) < 4.78 is 0. The molecule has 0 aromatic rings. The third-order valence-corrected chi connectivity index (χ3v) is 2.01. The predicted molar refractivity (Wildman–Crippen MR) is 59.6 cm³/mol. The van der Waals surface area contributed by atoms with E-state index in [1.54, 1.807) is 0 Å². The van der Waals surface area contributed by atoms with Gasteiger partial charge in [0.25, 0.3) is 0 Å². The van der Waals surface area contributed by atoms with Crippen LogP contribution in [0.5, 0.6) is 0 Å². The average Bonchev–Trinajstić information content (AvgIpc) is 2.18. The highest BCUT2D eigenvalue weighted by Gasteiger charge is 1.80. The molecule has 0 atom stereocenters. The highest BCUT2D eigenvalue weighted by atomic mass is 13.9. The molecule has 70 valence electrons. The number of allylic oxidation sites excluding steroid dienone is 8. The second kappa shape index (κ2) is 7.60. The molecule has 0 aromatic carbocycles. The fourth-order valence-corrected chi connectivity index (χ4v) is 1.25. The van der Waals surface area contributed by atoms with E-state index in [4.69, 9.17) is 0 Å². The molecule has 0 aromatic heterocycles. The van der Waals surface area contributed by atoms with Crippen molar-refractivity contribution in [3.8, 4) is 0 Å². The second-order valence-corrected chi connectivity index (χ2v) is 3.22. The van der Waals surface area contributed by atoms with Gasteiger partial charge in [0.2, 0.25) is 0 Å². The molecule has 1 aliphatic rings. The lowest BCUT2D eigenvalue weighted by Gasteiger charge is -1.87. The van der Waals surface area contributed by atoms with Gasteiger partial charge >= 0.3 is 0 Å². The Kier molecular flexibility index (Phi) is 5.87. The first kappa shape index (κ1) is 10.0. The van der Waals surface area contributed by atoms with E-state index in [0.717, 1.165) is 12.8 Å². The zero-order valence-corrected chi connectivity index (χ0v) is 8.15. The molecule has 0 heterocycles. The van der Waals surface area contributed by atoms with Gasteiger partial charge in [0, 0.05) is 0 Å². The molecule has 0 saturated heterocycles. The van der Waals surface area contributed by atoms with Gasteiger partial charge < -0.3 is 0 Å². The second-order valence-electron chi connectivity index (χ2n) is 3.22. The Bertz CT molecular complexity index is 192. The third kappa shape index (κ3) is 6.15. The van der Waals surface area contributed by atoms with E-state index >= 15 is 0 Å². The quantitative estimate of drug-likeness (QED) is 0.517. The molecule has 0 unspecified atom stereocenters. The summed E-state index contributed by atoms with van der Waals surface area (Å²) in [6.07, 6.45) is 23.5. The van der Waals surface area contributed by atoms with Gasteiger partial charge in [-0.2, -0.15) is 0 Å². The molecule has 0 spiro atoms. The van der Waals surface area contributed by atoms with Crippen LogP contribution in [0.2, 0.25) is 0 Å². The van der Waals surface area contributed by atoms with Crippen molar-refractivity contribution < 1.29 is 0 Å². The Labute approximate surface area is 81.4 Å². The van der Waals surface area contributed by atoms with Crippen molar-refractivity contribution in [1.82, 2.24) is 0 Å². The summed E-state index contributed by atoms with van der Waals surface area (Å²) >= 11 is 0. The van der Waals surface area contributed by atoms with Crippen molar-refractivity contribution in [2.24, 2.45) is 0 Å². The minimum Gasteiger partial charge on any atom is -0.0845 e. The molecule has 0 N–H and O–H groups in total. The van der Waals surface area contributed by atoms with E-state index in [1.807, 2.05) is 0 Å². The van der Waals surface area contributed by atoms with Gasteiger partial charge in [-0.3, -0.25) is 0 Å². The predicted octanol–water partition coefficient (Wildman–Crippen LogP) is 4.18. The van der Waals surface area contributed by atoms with Crippen LogP contribution in [-0.4, -0.2) is 0 Å². The lowest BCUT2D eigenvalue weighted by atomic mass is 10.2. The normalized spacial score (nSPS) is 28.9. The summed E-state index contributed by atoms with van der Waals surface area (Å²) in [5, 5.41) is 0. The molecule has 0 aliphatic heterocycles. The summed E-state index contributed by atoms with van der Waals surface area (Å²) in [7, 11) is 0. The molecule has 0 saturated carbocycles. The van der Waals surface area contributed by atoms with Crippen molar-refractivity contribution in [3.05, 3.63) is 48.6 Å². The van der Waals surface area contributed by atoms with Crippen molar-refractivity contribution >= 4 is 0 Å². The van der Waals surface area contributed by atoms with Crippen LogP contribution in [0.25, 0.3) is 0 Å². The maximum atomic E-state index is 2.25. The standard InChI is InChI=1S/C13H18/c1-2-4-6-8-10-12-13-11-9-7-5-3-1/h1-4,9,11-13H,5-8,10H2/b3-1-,4-2+,11-9-,13-12+. The fraction of sp³-hybridized carbons (Fsp3) is 0.385. The Morgan fingerprint density at radius 2 is 0.846 bits per heavy atom. The molecule has 13 heavy (non-hydrogen) atoms. The Hall–Kier alpha value is -1.04. The SMILES string of the molecule is C1=C\CC/C=C\C=C\CCC/C=C/1. The van der Waals surface area contributed by atoms with Gasteiger partial charge in [-0.25, -0.2) is 0 Å². The van der Waals surface area contributed by atoms with Gasteiger partial charge in [-0.05, 0) is 32.1 Å². The molecule has 0 amide bonds. The fourth-order valence-electron chi connectivity index (χ4n) is 1.25. The van der Waals surface area contributed by atoms with Gasteiger partial charge in [-0.15, -0.1) is 0 Å². The molecule has 1 aliphatic carbocycles. The van der Waals surface area contributed by atoms with Crippen LogP contribution in [-0.2, 0) is 0 Å². The summed E-state index contributed by atoms with van der Waals surface area (Å²) in [4.78, 5) is 0. The summed E-state index contributed by atoms with van der Waals surface area (Å²) in [5.41, 5.74) is 0. The number of rotatable bonds is 0. The molecule has 0 nitrogen and oxygen atoms in total. The first-order valence-corrected chi connectivity index (χ1v) is 5.13. The van der Waals surface area contributed by atoms with E-state index < -0.39 is 0 Å². The molecule has 0 fully saturated rings. The van der Waals surface area contributed by atoms with Crippen molar-refractivity contribution in [1.29, 1.82) is 0 Å².